The number of aliphatic hydroxyl groups is 1. The van der Waals surface area contributed by atoms with E-state index in [2.05, 4.69) is 13.0 Å². The lowest BCUT2D eigenvalue weighted by Gasteiger charge is -1.85. The van der Waals surface area contributed by atoms with Crippen molar-refractivity contribution < 1.29 is 5.11 Å². The van der Waals surface area contributed by atoms with Gasteiger partial charge in [0.05, 0.1) is 6.61 Å². The second kappa shape index (κ2) is 8.44. The summed E-state index contributed by atoms with van der Waals surface area (Å²) >= 11 is 0. The van der Waals surface area contributed by atoms with E-state index in [1.54, 1.807) is 6.08 Å². The van der Waals surface area contributed by atoms with Crippen molar-refractivity contribution in [1.29, 1.82) is 0 Å². The molecule has 0 amide bonds. The van der Waals surface area contributed by atoms with Crippen LogP contribution in [0.15, 0.2) is 24.3 Å². The topological polar surface area (TPSA) is 20.2 Å². The fraction of sp³-hybridized carbons (Fsp3) is 0.556. The fourth-order valence-corrected chi connectivity index (χ4v) is 0.636. The molecule has 0 rings (SSSR count). The van der Waals surface area contributed by atoms with Crippen LogP contribution in [0, 0.1) is 0 Å². The minimum absolute atomic E-state index is 0.137. The van der Waals surface area contributed by atoms with Gasteiger partial charge in [0.25, 0.3) is 0 Å². The van der Waals surface area contributed by atoms with Gasteiger partial charge in [0.1, 0.15) is 0 Å². The molecule has 0 atom stereocenters. The molecule has 0 bridgehead atoms. The Kier molecular flexibility index (Phi) is 7.97. The molecule has 0 heterocycles. The van der Waals surface area contributed by atoms with Crippen molar-refractivity contribution in [2.75, 3.05) is 6.61 Å². The van der Waals surface area contributed by atoms with Gasteiger partial charge in [-0.3, -0.25) is 0 Å². The van der Waals surface area contributed by atoms with Gasteiger partial charge in [-0.2, -0.15) is 0 Å². The maximum absolute atomic E-state index is 8.35. The van der Waals surface area contributed by atoms with Crippen LogP contribution < -0.4 is 0 Å². The zero-order valence-corrected chi connectivity index (χ0v) is 6.59. The summed E-state index contributed by atoms with van der Waals surface area (Å²) < 4.78 is 0. The summed E-state index contributed by atoms with van der Waals surface area (Å²) in [7, 11) is 0. The molecule has 58 valence electrons. The molecule has 0 fully saturated rings. The van der Waals surface area contributed by atoms with Crippen LogP contribution in [-0.2, 0) is 0 Å². The summed E-state index contributed by atoms with van der Waals surface area (Å²) in [6.45, 7) is 2.31. The second-order valence-corrected chi connectivity index (χ2v) is 2.18. The first-order valence-corrected chi connectivity index (χ1v) is 3.84. The lowest BCUT2D eigenvalue weighted by Crippen LogP contribution is -1.68. The zero-order chi connectivity index (χ0) is 7.66. The Hall–Kier alpha value is -0.560. The monoisotopic (exact) mass is 140 g/mol. The molecule has 1 heteroatoms. The SMILES string of the molecule is CCCC/C=C/C=C\CO. The van der Waals surface area contributed by atoms with Gasteiger partial charge in [-0.05, 0) is 6.42 Å². The van der Waals surface area contributed by atoms with E-state index in [0.29, 0.717) is 0 Å². The highest BCUT2D eigenvalue weighted by Crippen LogP contribution is 1.94. The van der Waals surface area contributed by atoms with E-state index < -0.39 is 0 Å². The van der Waals surface area contributed by atoms with Crippen molar-refractivity contribution in [2.45, 2.75) is 26.2 Å². The van der Waals surface area contributed by atoms with Gasteiger partial charge in [-0.1, -0.05) is 44.1 Å². The average Bonchev–Trinajstić information content (AvgIpc) is 1.97. The highest BCUT2D eigenvalue weighted by atomic mass is 16.2. The van der Waals surface area contributed by atoms with Crippen LogP contribution in [0.3, 0.4) is 0 Å². The molecule has 0 aromatic carbocycles. The number of aliphatic hydroxyl groups excluding tert-OH is 1. The standard InChI is InChI=1S/C9H16O/c1-2-3-4-5-6-7-8-9-10/h5-8,10H,2-4,9H2,1H3/b6-5+,8-7-. The number of rotatable bonds is 5. The Labute approximate surface area is 63.1 Å². The highest BCUT2D eigenvalue weighted by molar-refractivity contribution is 5.01. The van der Waals surface area contributed by atoms with Crippen LogP contribution in [-0.4, -0.2) is 11.7 Å². The van der Waals surface area contributed by atoms with Crippen molar-refractivity contribution in [1.82, 2.24) is 0 Å². The fourth-order valence-electron chi connectivity index (χ4n) is 0.636. The first-order valence-electron chi connectivity index (χ1n) is 3.84. The lowest BCUT2D eigenvalue weighted by atomic mass is 10.2. The van der Waals surface area contributed by atoms with E-state index >= 15 is 0 Å². The Balaban J connectivity index is 3.11. The number of unbranched alkanes of at least 4 members (excludes halogenated alkanes) is 2. The molecule has 0 aliphatic rings. The van der Waals surface area contributed by atoms with Gasteiger partial charge in [0.2, 0.25) is 0 Å². The van der Waals surface area contributed by atoms with Crippen molar-refractivity contribution in [2.24, 2.45) is 0 Å². The van der Waals surface area contributed by atoms with Gasteiger partial charge in [0.15, 0.2) is 0 Å². The van der Waals surface area contributed by atoms with Crippen LogP contribution in [0.2, 0.25) is 0 Å². The minimum Gasteiger partial charge on any atom is -0.392 e. The Morgan fingerprint density at radius 3 is 2.50 bits per heavy atom. The normalized spacial score (nSPS) is 11.8. The van der Waals surface area contributed by atoms with Crippen LogP contribution in [0.4, 0.5) is 0 Å². The Bertz CT molecular complexity index is 103. The van der Waals surface area contributed by atoms with Crippen LogP contribution in [0.5, 0.6) is 0 Å². The molecule has 1 nitrogen and oxygen atoms in total. The maximum atomic E-state index is 8.35. The van der Waals surface area contributed by atoms with E-state index in [9.17, 15) is 0 Å². The average molecular weight is 140 g/mol. The molecular formula is C9H16O. The molecule has 1 N–H and O–H groups in total. The van der Waals surface area contributed by atoms with Crippen LogP contribution in [0.25, 0.3) is 0 Å². The lowest BCUT2D eigenvalue weighted by molar-refractivity contribution is 0.343. The largest absolute Gasteiger partial charge is 0.392 e. The smallest absolute Gasteiger partial charge is 0.0615 e. The van der Waals surface area contributed by atoms with Gasteiger partial charge < -0.3 is 5.11 Å². The Morgan fingerprint density at radius 2 is 1.90 bits per heavy atom. The third-order valence-electron chi connectivity index (χ3n) is 1.21. The van der Waals surface area contributed by atoms with E-state index in [1.807, 2.05) is 12.2 Å². The van der Waals surface area contributed by atoms with Gasteiger partial charge in [-0.25, -0.2) is 0 Å². The van der Waals surface area contributed by atoms with Crippen LogP contribution in [0.1, 0.15) is 26.2 Å². The molecule has 0 aromatic heterocycles. The molecule has 0 aromatic rings. The first kappa shape index (κ1) is 9.44. The molecule has 10 heavy (non-hydrogen) atoms. The quantitative estimate of drug-likeness (QED) is 0.459. The molecule has 0 unspecified atom stereocenters. The van der Waals surface area contributed by atoms with Crippen molar-refractivity contribution >= 4 is 0 Å². The van der Waals surface area contributed by atoms with E-state index in [4.69, 9.17) is 5.11 Å². The van der Waals surface area contributed by atoms with E-state index in [-0.39, 0.29) is 6.61 Å². The van der Waals surface area contributed by atoms with E-state index in [0.717, 1.165) is 6.42 Å². The molecular weight excluding hydrogens is 124 g/mol. The summed E-state index contributed by atoms with van der Waals surface area (Å²) in [4.78, 5) is 0. The minimum atomic E-state index is 0.137. The predicted molar refractivity (Wildman–Crippen MR) is 44.9 cm³/mol. The van der Waals surface area contributed by atoms with Crippen molar-refractivity contribution in [3.63, 3.8) is 0 Å². The summed E-state index contributed by atoms with van der Waals surface area (Å²) in [5.74, 6) is 0. The third-order valence-corrected chi connectivity index (χ3v) is 1.21. The number of hydrogen-bond acceptors (Lipinski definition) is 1. The Morgan fingerprint density at radius 1 is 1.20 bits per heavy atom. The third kappa shape index (κ3) is 7.44. The second-order valence-electron chi connectivity index (χ2n) is 2.18. The summed E-state index contributed by atoms with van der Waals surface area (Å²) in [5.41, 5.74) is 0. The molecule has 0 spiro atoms. The number of hydrogen-bond donors (Lipinski definition) is 1. The summed E-state index contributed by atoms with van der Waals surface area (Å²) in [6, 6.07) is 0. The van der Waals surface area contributed by atoms with Crippen LogP contribution >= 0.6 is 0 Å². The number of allylic oxidation sites excluding steroid dienone is 3. The zero-order valence-electron chi connectivity index (χ0n) is 6.59. The van der Waals surface area contributed by atoms with E-state index in [1.165, 1.54) is 12.8 Å². The highest BCUT2D eigenvalue weighted by Gasteiger charge is 1.74. The maximum Gasteiger partial charge on any atom is 0.0615 e. The predicted octanol–water partition coefficient (Wildman–Crippen LogP) is 2.28. The first-order chi connectivity index (χ1) is 4.91. The molecule has 0 aliphatic heterocycles. The van der Waals surface area contributed by atoms with Crippen molar-refractivity contribution in [3.8, 4) is 0 Å². The molecule has 0 radical (unpaired) electrons. The molecule has 0 saturated carbocycles. The summed E-state index contributed by atoms with van der Waals surface area (Å²) in [5, 5.41) is 8.35. The van der Waals surface area contributed by atoms with Gasteiger partial charge in [0, 0.05) is 0 Å². The summed E-state index contributed by atoms with van der Waals surface area (Å²) in [6.07, 6.45) is 11.3. The molecule has 0 aliphatic carbocycles. The van der Waals surface area contributed by atoms with Crippen molar-refractivity contribution in [3.05, 3.63) is 24.3 Å². The van der Waals surface area contributed by atoms with Gasteiger partial charge >= 0.3 is 0 Å². The van der Waals surface area contributed by atoms with Gasteiger partial charge in [-0.15, -0.1) is 0 Å². The molecule has 0 saturated heterocycles.